The zero-order valence-electron chi connectivity index (χ0n) is 11.9. The fraction of sp³-hybridized carbons (Fsp3) is 0.923. The van der Waals surface area contributed by atoms with E-state index in [4.69, 9.17) is 5.73 Å². The van der Waals surface area contributed by atoms with Crippen molar-refractivity contribution < 1.29 is 9.90 Å². The Morgan fingerprint density at radius 1 is 1.41 bits per heavy atom. The lowest BCUT2D eigenvalue weighted by Crippen LogP contribution is -2.48. The molecule has 0 rings (SSSR count). The van der Waals surface area contributed by atoms with Gasteiger partial charge in [-0.2, -0.15) is 0 Å². The van der Waals surface area contributed by atoms with Crippen molar-refractivity contribution in [3.8, 4) is 0 Å². The number of rotatable bonds is 7. The fourth-order valence-corrected chi connectivity index (χ4v) is 1.76. The molecule has 1 unspecified atom stereocenters. The number of carbonyl (C=O) groups excluding carboxylic acids is 1. The maximum Gasteiger partial charge on any atom is 0.223 e. The van der Waals surface area contributed by atoms with Crippen LogP contribution in [0.2, 0.25) is 0 Å². The second-order valence-electron chi connectivity index (χ2n) is 5.86. The molecule has 4 nitrogen and oxygen atoms in total. The Hall–Kier alpha value is -0.610. The summed E-state index contributed by atoms with van der Waals surface area (Å²) in [7, 11) is 1.74. The monoisotopic (exact) mass is 244 g/mol. The number of carbonyl (C=O) groups is 1. The highest BCUT2D eigenvalue weighted by molar-refractivity contribution is 5.77. The molecule has 0 fully saturated rings. The largest absolute Gasteiger partial charge is 0.394 e. The van der Waals surface area contributed by atoms with Crippen LogP contribution in [-0.4, -0.2) is 41.7 Å². The minimum Gasteiger partial charge on any atom is -0.394 e. The van der Waals surface area contributed by atoms with Crippen molar-refractivity contribution in [2.24, 2.45) is 17.6 Å². The van der Waals surface area contributed by atoms with E-state index < -0.39 is 5.54 Å². The normalized spacial score (nSPS) is 13.9. The van der Waals surface area contributed by atoms with Crippen LogP contribution < -0.4 is 5.73 Å². The van der Waals surface area contributed by atoms with Gasteiger partial charge in [-0.05, 0) is 38.6 Å². The van der Waals surface area contributed by atoms with E-state index in [1.54, 1.807) is 11.9 Å². The maximum atomic E-state index is 12.1. The third-order valence-electron chi connectivity index (χ3n) is 3.27. The third-order valence-corrected chi connectivity index (χ3v) is 3.27. The zero-order valence-corrected chi connectivity index (χ0v) is 11.9. The minimum atomic E-state index is -0.506. The van der Waals surface area contributed by atoms with Gasteiger partial charge in [-0.25, -0.2) is 0 Å². The smallest absolute Gasteiger partial charge is 0.223 e. The molecule has 102 valence electrons. The lowest BCUT2D eigenvalue weighted by molar-refractivity contribution is -0.137. The molecular weight excluding hydrogens is 216 g/mol. The summed E-state index contributed by atoms with van der Waals surface area (Å²) in [6, 6.07) is 0. The van der Waals surface area contributed by atoms with Crippen LogP contribution in [0, 0.1) is 11.8 Å². The van der Waals surface area contributed by atoms with E-state index in [1.165, 1.54) is 0 Å². The van der Waals surface area contributed by atoms with E-state index in [9.17, 15) is 9.90 Å². The number of nitrogens with zero attached hydrogens (tertiary/aromatic N) is 1. The van der Waals surface area contributed by atoms with Crippen molar-refractivity contribution in [1.29, 1.82) is 0 Å². The average Bonchev–Trinajstić information content (AvgIpc) is 2.26. The highest BCUT2D eigenvalue weighted by Crippen LogP contribution is 2.18. The first-order valence-electron chi connectivity index (χ1n) is 6.32. The van der Waals surface area contributed by atoms with Crippen LogP contribution in [0.15, 0.2) is 0 Å². The number of amides is 1. The van der Waals surface area contributed by atoms with Crippen molar-refractivity contribution in [2.45, 2.75) is 46.1 Å². The number of likely N-dealkylation sites (N-methyl/N-ethyl adjacent to an activating group) is 1. The van der Waals surface area contributed by atoms with Crippen LogP contribution in [0.3, 0.4) is 0 Å². The molecule has 0 aliphatic rings. The molecule has 4 heteroatoms. The molecule has 0 aromatic heterocycles. The first-order valence-corrected chi connectivity index (χ1v) is 6.32. The van der Waals surface area contributed by atoms with E-state index in [0.29, 0.717) is 18.9 Å². The van der Waals surface area contributed by atoms with E-state index in [2.05, 4.69) is 13.8 Å². The summed E-state index contributed by atoms with van der Waals surface area (Å²) >= 11 is 0. The molecule has 0 radical (unpaired) electrons. The molecule has 0 saturated carbocycles. The van der Waals surface area contributed by atoms with Crippen LogP contribution in [-0.2, 0) is 4.79 Å². The second kappa shape index (κ2) is 6.97. The number of aliphatic hydroxyl groups excluding tert-OH is 1. The van der Waals surface area contributed by atoms with Gasteiger partial charge in [0, 0.05) is 13.5 Å². The van der Waals surface area contributed by atoms with E-state index in [-0.39, 0.29) is 18.4 Å². The van der Waals surface area contributed by atoms with E-state index >= 15 is 0 Å². The summed E-state index contributed by atoms with van der Waals surface area (Å²) in [5.74, 6) is 0.840. The maximum absolute atomic E-state index is 12.1. The van der Waals surface area contributed by atoms with Crippen molar-refractivity contribution in [3.63, 3.8) is 0 Å². The molecule has 0 bridgehead atoms. The first kappa shape index (κ1) is 16.4. The Bertz CT molecular complexity index is 240. The number of hydrogen-bond acceptors (Lipinski definition) is 3. The standard InChI is InChI=1S/C13H28N2O2/c1-10(2)6-11(8-14)7-12(17)15(5)13(3,4)9-16/h10-11,16H,6-9,14H2,1-5H3. The average molecular weight is 244 g/mol. The fourth-order valence-electron chi connectivity index (χ4n) is 1.76. The summed E-state index contributed by atoms with van der Waals surface area (Å²) in [6.45, 7) is 8.47. The van der Waals surface area contributed by atoms with Crippen molar-refractivity contribution in [3.05, 3.63) is 0 Å². The van der Waals surface area contributed by atoms with Crippen LogP contribution in [0.1, 0.15) is 40.5 Å². The molecule has 17 heavy (non-hydrogen) atoms. The summed E-state index contributed by atoms with van der Waals surface area (Å²) < 4.78 is 0. The van der Waals surface area contributed by atoms with Gasteiger partial charge in [0.15, 0.2) is 0 Å². The first-order chi connectivity index (χ1) is 7.74. The molecule has 3 N–H and O–H groups in total. The Balaban J connectivity index is 4.41. The van der Waals surface area contributed by atoms with Crippen LogP contribution in [0.25, 0.3) is 0 Å². The number of nitrogens with two attached hydrogens (primary N) is 1. The van der Waals surface area contributed by atoms with Crippen LogP contribution in [0.4, 0.5) is 0 Å². The molecule has 1 amide bonds. The van der Waals surface area contributed by atoms with Gasteiger partial charge in [0.1, 0.15) is 0 Å². The van der Waals surface area contributed by atoms with Crippen LogP contribution in [0.5, 0.6) is 0 Å². The Labute approximate surface area is 105 Å². The van der Waals surface area contributed by atoms with Gasteiger partial charge < -0.3 is 15.7 Å². The van der Waals surface area contributed by atoms with Crippen molar-refractivity contribution in [2.75, 3.05) is 20.2 Å². The number of hydrogen-bond donors (Lipinski definition) is 2. The lowest BCUT2D eigenvalue weighted by Gasteiger charge is -2.35. The summed E-state index contributed by atoms with van der Waals surface area (Å²) in [5.41, 5.74) is 5.19. The Kier molecular flexibility index (Phi) is 6.72. The second-order valence-corrected chi connectivity index (χ2v) is 5.86. The van der Waals surface area contributed by atoms with Gasteiger partial charge in [-0.3, -0.25) is 4.79 Å². The Morgan fingerprint density at radius 2 is 1.94 bits per heavy atom. The van der Waals surface area contributed by atoms with Crippen molar-refractivity contribution in [1.82, 2.24) is 4.90 Å². The molecule has 0 aliphatic carbocycles. The van der Waals surface area contributed by atoms with Gasteiger partial charge in [-0.1, -0.05) is 13.8 Å². The van der Waals surface area contributed by atoms with Crippen molar-refractivity contribution >= 4 is 5.91 Å². The highest BCUT2D eigenvalue weighted by Gasteiger charge is 2.28. The molecule has 0 aromatic carbocycles. The van der Waals surface area contributed by atoms with E-state index in [1.807, 2.05) is 13.8 Å². The molecule has 0 aromatic rings. The topological polar surface area (TPSA) is 66.6 Å². The molecule has 0 spiro atoms. The predicted molar refractivity (Wildman–Crippen MR) is 70.6 cm³/mol. The number of aliphatic hydroxyl groups is 1. The van der Waals surface area contributed by atoms with Gasteiger partial charge in [0.2, 0.25) is 5.91 Å². The lowest BCUT2D eigenvalue weighted by atomic mass is 9.93. The van der Waals surface area contributed by atoms with Crippen LogP contribution >= 0.6 is 0 Å². The van der Waals surface area contributed by atoms with Gasteiger partial charge in [-0.15, -0.1) is 0 Å². The quantitative estimate of drug-likeness (QED) is 0.708. The van der Waals surface area contributed by atoms with Gasteiger partial charge >= 0.3 is 0 Å². The summed E-state index contributed by atoms with van der Waals surface area (Å²) in [6.07, 6.45) is 1.43. The molecule has 1 atom stereocenters. The highest BCUT2D eigenvalue weighted by atomic mass is 16.3. The van der Waals surface area contributed by atoms with E-state index in [0.717, 1.165) is 6.42 Å². The van der Waals surface area contributed by atoms with Gasteiger partial charge in [0.05, 0.1) is 12.1 Å². The summed E-state index contributed by atoms with van der Waals surface area (Å²) in [4.78, 5) is 13.7. The summed E-state index contributed by atoms with van der Waals surface area (Å²) in [5, 5.41) is 9.23. The third kappa shape index (κ3) is 5.50. The predicted octanol–water partition coefficient (Wildman–Crippen LogP) is 1.23. The SMILES string of the molecule is CC(C)CC(CN)CC(=O)N(C)C(C)(C)CO. The zero-order chi connectivity index (χ0) is 13.6. The molecule has 0 heterocycles. The Morgan fingerprint density at radius 3 is 2.29 bits per heavy atom. The molecule has 0 saturated heterocycles. The minimum absolute atomic E-state index is 0.0350. The van der Waals surface area contributed by atoms with Gasteiger partial charge in [0.25, 0.3) is 0 Å². The molecular formula is C13H28N2O2. The molecule has 0 aliphatic heterocycles.